The van der Waals surface area contributed by atoms with Gasteiger partial charge in [0.05, 0.1) is 0 Å². The Morgan fingerprint density at radius 1 is 1.60 bits per heavy atom. The molecule has 1 unspecified atom stereocenters. The largest absolute Gasteiger partial charge is 0.481 e. The lowest BCUT2D eigenvalue weighted by Crippen LogP contribution is -2.39. The van der Waals surface area contributed by atoms with Crippen LogP contribution in [-0.4, -0.2) is 48.2 Å². The zero-order valence-electron chi connectivity index (χ0n) is 9.70. The maximum absolute atomic E-state index is 10.3. The molecule has 1 saturated carbocycles. The monoisotopic (exact) mass is 214 g/mol. The molecule has 15 heavy (non-hydrogen) atoms. The molecule has 0 aromatic heterocycles. The molecule has 1 aliphatic carbocycles. The second kappa shape index (κ2) is 6.08. The highest BCUT2D eigenvalue weighted by Gasteiger charge is 2.28. The third-order valence-electron chi connectivity index (χ3n) is 3.00. The Kier molecular flexibility index (Phi) is 5.05. The van der Waals surface area contributed by atoms with Crippen LogP contribution in [0.15, 0.2) is 0 Å². The van der Waals surface area contributed by atoms with Gasteiger partial charge in [-0.15, -0.1) is 0 Å². The van der Waals surface area contributed by atoms with Crippen molar-refractivity contribution in [3.63, 3.8) is 0 Å². The summed E-state index contributed by atoms with van der Waals surface area (Å²) in [6.07, 6.45) is 3.65. The molecule has 4 nitrogen and oxygen atoms in total. The van der Waals surface area contributed by atoms with Gasteiger partial charge in [-0.3, -0.25) is 9.69 Å². The number of nitrogens with one attached hydrogen (secondary N) is 1. The molecule has 0 spiro atoms. The van der Waals surface area contributed by atoms with E-state index < -0.39 is 5.97 Å². The van der Waals surface area contributed by atoms with Crippen LogP contribution < -0.4 is 5.32 Å². The summed E-state index contributed by atoms with van der Waals surface area (Å²) in [4.78, 5) is 12.7. The minimum Gasteiger partial charge on any atom is -0.481 e. The van der Waals surface area contributed by atoms with E-state index in [0.29, 0.717) is 6.04 Å². The lowest BCUT2D eigenvalue weighted by molar-refractivity contribution is -0.137. The highest BCUT2D eigenvalue weighted by molar-refractivity contribution is 5.66. The van der Waals surface area contributed by atoms with Crippen LogP contribution in [0.25, 0.3) is 0 Å². The minimum absolute atomic E-state index is 0.264. The SMILES string of the molecule is CC(CNCCCC(=O)O)N(C)C1CC1. The fraction of sp³-hybridized carbons (Fsp3) is 0.909. The summed E-state index contributed by atoms with van der Waals surface area (Å²) in [6.45, 7) is 3.96. The summed E-state index contributed by atoms with van der Waals surface area (Å²) in [7, 11) is 2.17. The van der Waals surface area contributed by atoms with Crippen LogP contribution in [0.5, 0.6) is 0 Å². The summed E-state index contributed by atoms with van der Waals surface area (Å²) in [5.74, 6) is -0.708. The molecular weight excluding hydrogens is 192 g/mol. The summed E-state index contributed by atoms with van der Waals surface area (Å²) in [6, 6.07) is 1.34. The lowest BCUT2D eigenvalue weighted by atomic mass is 10.2. The summed E-state index contributed by atoms with van der Waals surface area (Å²) in [5.41, 5.74) is 0. The van der Waals surface area contributed by atoms with Crippen LogP contribution in [-0.2, 0) is 4.79 Å². The molecule has 0 heterocycles. The Labute approximate surface area is 91.6 Å². The molecule has 2 N–H and O–H groups in total. The topological polar surface area (TPSA) is 52.6 Å². The Balaban J connectivity index is 1.96. The molecular formula is C11H22N2O2. The van der Waals surface area contributed by atoms with Gasteiger partial charge in [-0.25, -0.2) is 0 Å². The smallest absolute Gasteiger partial charge is 0.303 e. The molecule has 1 rings (SSSR count). The van der Waals surface area contributed by atoms with E-state index in [2.05, 4.69) is 24.2 Å². The zero-order valence-corrected chi connectivity index (χ0v) is 9.70. The van der Waals surface area contributed by atoms with Crippen molar-refractivity contribution in [3.05, 3.63) is 0 Å². The van der Waals surface area contributed by atoms with Gasteiger partial charge in [-0.05, 0) is 39.8 Å². The number of carboxylic acid groups (broad SMARTS) is 1. The van der Waals surface area contributed by atoms with Crippen molar-refractivity contribution in [3.8, 4) is 0 Å². The number of carbonyl (C=O) groups is 1. The van der Waals surface area contributed by atoms with Crippen molar-refractivity contribution in [2.75, 3.05) is 20.1 Å². The third-order valence-corrected chi connectivity index (χ3v) is 3.00. The Morgan fingerprint density at radius 3 is 2.80 bits per heavy atom. The van der Waals surface area contributed by atoms with E-state index in [9.17, 15) is 4.79 Å². The first kappa shape index (κ1) is 12.5. The van der Waals surface area contributed by atoms with Gasteiger partial charge in [0, 0.05) is 25.0 Å². The molecule has 4 heteroatoms. The predicted molar refractivity (Wildman–Crippen MR) is 60.0 cm³/mol. The number of carboxylic acids is 1. The standard InChI is InChI=1S/C11H22N2O2/c1-9(13(2)10-5-6-10)8-12-7-3-4-11(14)15/h9-10,12H,3-8H2,1-2H3,(H,14,15). The van der Waals surface area contributed by atoms with Gasteiger partial charge in [-0.2, -0.15) is 0 Å². The number of rotatable bonds is 8. The molecule has 1 atom stereocenters. The second-order valence-electron chi connectivity index (χ2n) is 4.45. The number of nitrogens with zero attached hydrogens (tertiary/aromatic N) is 1. The lowest BCUT2D eigenvalue weighted by Gasteiger charge is -2.24. The first-order chi connectivity index (χ1) is 7.11. The van der Waals surface area contributed by atoms with E-state index in [0.717, 1.165) is 25.6 Å². The quantitative estimate of drug-likeness (QED) is 0.590. The summed E-state index contributed by atoms with van der Waals surface area (Å²) in [5, 5.41) is 11.8. The number of aliphatic carboxylic acids is 1. The third kappa shape index (κ3) is 5.14. The molecule has 0 aromatic carbocycles. The first-order valence-corrected chi connectivity index (χ1v) is 5.75. The zero-order chi connectivity index (χ0) is 11.3. The second-order valence-corrected chi connectivity index (χ2v) is 4.45. The maximum atomic E-state index is 10.3. The van der Waals surface area contributed by atoms with E-state index in [1.807, 2.05) is 0 Å². The van der Waals surface area contributed by atoms with Crippen LogP contribution >= 0.6 is 0 Å². The van der Waals surface area contributed by atoms with Crippen LogP contribution in [0.4, 0.5) is 0 Å². The van der Waals surface area contributed by atoms with Crippen LogP contribution in [0.2, 0.25) is 0 Å². The van der Waals surface area contributed by atoms with E-state index in [1.165, 1.54) is 12.8 Å². The predicted octanol–water partition coefficient (Wildman–Crippen LogP) is 0.924. The fourth-order valence-electron chi connectivity index (χ4n) is 1.66. The molecule has 0 bridgehead atoms. The van der Waals surface area contributed by atoms with Crippen LogP contribution in [0, 0.1) is 0 Å². The van der Waals surface area contributed by atoms with E-state index in [4.69, 9.17) is 5.11 Å². The highest BCUT2D eigenvalue weighted by Crippen LogP contribution is 2.26. The minimum atomic E-state index is -0.708. The highest BCUT2D eigenvalue weighted by atomic mass is 16.4. The van der Waals surface area contributed by atoms with Crippen molar-refractivity contribution >= 4 is 5.97 Å². The molecule has 1 aliphatic rings. The Hall–Kier alpha value is -0.610. The van der Waals surface area contributed by atoms with Gasteiger partial charge in [0.2, 0.25) is 0 Å². The van der Waals surface area contributed by atoms with Gasteiger partial charge >= 0.3 is 5.97 Å². The Bertz CT molecular complexity index is 205. The molecule has 0 saturated heterocycles. The first-order valence-electron chi connectivity index (χ1n) is 5.75. The maximum Gasteiger partial charge on any atom is 0.303 e. The molecule has 88 valence electrons. The molecule has 0 aliphatic heterocycles. The van der Waals surface area contributed by atoms with E-state index in [1.54, 1.807) is 0 Å². The van der Waals surface area contributed by atoms with Crippen molar-refractivity contribution < 1.29 is 9.90 Å². The van der Waals surface area contributed by atoms with Gasteiger partial charge in [0.1, 0.15) is 0 Å². The normalized spacial score (nSPS) is 18.1. The number of hydrogen-bond acceptors (Lipinski definition) is 3. The number of hydrogen-bond donors (Lipinski definition) is 2. The molecule has 1 fully saturated rings. The van der Waals surface area contributed by atoms with Crippen molar-refractivity contribution in [1.29, 1.82) is 0 Å². The van der Waals surface area contributed by atoms with E-state index in [-0.39, 0.29) is 6.42 Å². The van der Waals surface area contributed by atoms with E-state index >= 15 is 0 Å². The fourth-order valence-corrected chi connectivity index (χ4v) is 1.66. The summed E-state index contributed by atoms with van der Waals surface area (Å²) >= 11 is 0. The van der Waals surface area contributed by atoms with Crippen molar-refractivity contribution in [1.82, 2.24) is 10.2 Å². The molecule has 0 radical (unpaired) electrons. The van der Waals surface area contributed by atoms with Gasteiger partial charge in [0.25, 0.3) is 0 Å². The average molecular weight is 214 g/mol. The van der Waals surface area contributed by atoms with Gasteiger partial charge in [-0.1, -0.05) is 0 Å². The van der Waals surface area contributed by atoms with Crippen molar-refractivity contribution in [2.24, 2.45) is 0 Å². The van der Waals surface area contributed by atoms with Gasteiger partial charge in [0.15, 0.2) is 0 Å². The van der Waals surface area contributed by atoms with Crippen LogP contribution in [0.3, 0.4) is 0 Å². The van der Waals surface area contributed by atoms with Crippen LogP contribution in [0.1, 0.15) is 32.6 Å². The average Bonchev–Trinajstić information content (AvgIpc) is 2.98. The van der Waals surface area contributed by atoms with Gasteiger partial charge < -0.3 is 10.4 Å². The van der Waals surface area contributed by atoms with Crippen molar-refractivity contribution in [2.45, 2.75) is 44.7 Å². The molecule has 0 amide bonds. The molecule has 0 aromatic rings. The number of likely N-dealkylation sites (N-methyl/N-ethyl adjacent to an activating group) is 1. The Morgan fingerprint density at radius 2 is 2.27 bits per heavy atom. The summed E-state index contributed by atoms with van der Waals surface area (Å²) < 4.78 is 0.